The Hall–Kier alpha value is -2.06. The third kappa shape index (κ3) is 1.83. The van der Waals surface area contributed by atoms with Gasteiger partial charge in [-0.2, -0.15) is 0 Å². The number of hydrogen-bond donors (Lipinski definition) is 1. The van der Waals surface area contributed by atoms with Crippen molar-refractivity contribution < 1.29 is 4.42 Å². The highest BCUT2D eigenvalue weighted by Crippen LogP contribution is 2.23. The molecule has 0 aliphatic rings. The summed E-state index contributed by atoms with van der Waals surface area (Å²) >= 11 is 0. The van der Waals surface area contributed by atoms with Crippen LogP contribution in [0.15, 0.2) is 65.5 Å². The molecule has 84 valence electrons. The van der Waals surface area contributed by atoms with Crippen LogP contribution in [0.25, 0.3) is 10.8 Å². The molecule has 2 heteroatoms. The minimum atomic E-state index is -0.127. The normalized spacial score (nSPS) is 12.8. The molecular weight excluding hydrogens is 210 g/mol. The molecule has 0 fully saturated rings. The van der Waals surface area contributed by atoms with Crippen LogP contribution in [0.5, 0.6) is 0 Å². The molecule has 0 radical (unpaired) electrons. The molecule has 2 N–H and O–H groups in total. The molecule has 0 bridgehead atoms. The smallest absolute Gasteiger partial charge is 0.0953 e. The molecule has 1 unspecified atom stereocenters. The minimum absolute atomic E-state index is 0.127. The standard InChI is InChI=1S/C15H13NO/c16-15(14-7-8-17-10-14)13-6-5-11-3-1-2-4-12(11)9-13/h1-10,15H,16H2. The summed E-state index contributed by atoms with van der Waals surface area (Å²) in [6, 6.07) is 16.4. The van der Waals surface area contributed by atoms with E-state index in [9.17, 15) is 0 Å². The van der Waals surface area contributed by atoms with Crippen molar-refractivity contribution in [3.63, 3.8) is 0 Å². The summed E-state index contributed by atoms with van der Waals surface area (Å²) in [6.45, 7) is 0. The average molecular weight is 223 g/mol. The maximum absolute atomic E-state index is 6.19. The van der Waals surface area contributed by atoms with Gasteiger partial charge >= 0.3 is 0 Å². The van der Waals surface area contributed by atoms with Crippen LogP contribution < -0.4 is 5.73 Å². The first kappa shape index (κ1) is 10.1. The van der Waals surface area contributed by atoms with E-state index in [0.29, 0.717) is 0 Å². The first-order valence-electron chi connectivity index (χ1n) is 5.61. The lowest BCUT2D eigenvalue weighted by atomic mass is 9.99. The Morgan fingerprint density at radius 3 is 2.47 bits per heavy atom. The topological polar surface area (TPSA) is 39.2 Å². The lowest BCUT2D eigenvalue weighted by Gasteiger charge is -2.10. The van der Waals surface area contributed by atoms with Gasteiger partial charge in [-0.1, -0.05) is 36.4 Å². The molecule has 2 nitrogen and oxygen atoms in total. The fraction of sp³-hybridized carbons (Fsp3) is 0.0667. The van der Waals surface area contributed by atoms with E-state index < -0.39 is 0 Å². The summed E-state index contributed by atoms with van der Waals surface area (Å²) in [5.41, 5.74) is 8.29. The van der Waals surface area contributed by atoms with Crippen LogP contribution in [0, 0.1) is 0 Å². The Labute approximate surface area is 99.7 Å². The zero-order valence-electron chi connectivity index (χ0n) is 9.34. The largest absolute Gasteiger partial charge is 0.472 e. The molecule has 0 saturated carbocycles. The summed E-state index contributed by atoms with van der Waals surface area (Å²) in [5, 5.41) is 2.44. The number of hydrogen-bond acceptors (Lipinski definition) is 2. The van der Waals surface area contributed by atoms with Crippen molar-refractivity contribution in [1.82, 2.24) is 0 Å². The molecule has 0 spiro atoms. The SMILES string of the molecule is NC(c1ccoc1)c1ccc2ccccc2c1. The zero-order valence-corrected chi connectivity index (χ0v) is 9.34. The number of fused-ring (bicyclic) bond motifs is 1. The zero-order chi connectivity index (χ0) is 11.7. The van der Waals surface area contributed by atoms with Crippen LogP contribution in [0.2, 0.25) is 0 Å². The summed E-state index contributed by atoms with van der Waals surface area (Å²) in [7, 11) is 0. The molecule has 1 atom stereocenters. The molecule has 3 rings (SSSR count). The van der Waals surface area contributed by atoms with Gasteiger partial charge in [0.05, 0.1) is 18.6 Å². The second kappa shape index (κ2) is 4.07. The van der Waals surface area contributed by atoms with Gasteiger partial charge < -0.3 is 10.2 Å². The second-order valence-electron chi connectivity index (χ2n) is 4.14. The fourth-order valence-corrected chi connectivity index (χ4v) is 2.05. The summed E-state index contributed by atoms with van der Waals surface area (Å²) in [5.74, 6) is 0. The van der Waals surface area contributed by atoms with Crippen LogP contribution in [0.4, 0.5) is 0 Å². The third-order valence-corrected chi connectivity index (χ3v) is 3.03. The Morgan fingerprint density at radius 1 is 0.882 bits per heavy atom. The summed E-state index contributed by atoms with van der Waals surface area (Å²) in [4.78, 5) is 0. The van der Waals surface area contributed by atoms with Gasteiger partial charge in [-0.15, -0.1) is 0 Å². The van der Waals surface area contributed by atoms with Gasteiger partial charge in [-0.05, 0) is 28.5 Å². The molecule has 1 heterocycles. The molecule has 1 aromatic heterocycles. The van der Waals surface area contributed by atoms with E-state index in [1.54, 1.807) is 12.5 Å². The van der Waals surface area contributed by atoms with Crippen molar-refractivity contribution in [3.05, 3.63) is 72.2 Å². The first-order valence-corrected chi connectivity index (χ1v) is 5.61. The van der Waals surface area contributed by atoms with Gasteiger partial charge in [0.15, 0.2) is 0 Å². The highest BCUT2D eigenvalue weighted by molar-refractivity contribution is 5.83. The Morgan fingerprint density at radius 2 is 1.71 bits per heavy atom. The maximum Gasteiger partial charge on any atom is 0.0953 e. The quantitative estimate of drug-likeness (QED) is 0.722. The summed E-state index contributed by atoms with van der Waals surface area (Å²) in [6.07, 6.45) is 3.34. The maximum atomic E-state index is 6.19. The van der Waals surface area contributed by atoms with Crippen LogP contribution in [0.3, 0.4) is 0 Å². The molecule has 0 amide bonds. The van der Waals surface area contributed by atoms with E-state index in [0.717, 1.165) is 11.1 Å². The molecule has 2 aromatic carbocycles. The molecule has 17 heavy (non-hydrogen) atoms. The van der Waals surface area contributed by atoms with Crippen molar-refractivity contribution in [1.29, 1.82) is 0 Å². The van der Waals surface area contributed by atoms with Gasteiger partial charge in [-0.3, -0.25) is 0 Å². The van der Waals surface area contributed by atoms with E-state index in [1.165, 1.54) is 10.8 Å². The van der Waals surface area contributed by atoms with Gasteiger partial charge in [0.25, 0.3) is 0 Å². The van der Waals surface area contributed by atoms with E-state index in [4.69, 9.17) is 10.2 Å². The van der Waals surface area contributed by atoms with Crippen molar-refractivity contribution in [2.24, 2.45) is 5.73 Å². The lowest BCUT2D eigenvalue weighted by Crippen LogP contribution is -2.10. The minimum Gasteiger partial charge on any atom is -0.472 e. The average Bonchev–Trinajstić information content (AvgIpc) is 2.91. The Balaban J connectivity index is 2.06. The predicted octanol–water partition coefficient (Wildman–Crippen LogP) is 3.48. The molecule has 0 aliphatic heterocycles. The van der Waals surface area contributed by atoms with Gasteiger partial charge in [0, 0.05) is 5.56 Å². The third-order valence-electron chi connectivity index (χ3n) is 3.03. The number of benzene rings is 2. The molecule has 0 aliphatic carbocycles. The van der Waals surface area contributed by atoms with Gasteiger partial charge in [0.2, 0.25) is 0 Å². The monoisotopic (exact) mass is 223 g/mol. The van der Waals surface area contributed by atoms with Crippen molar-refractivity contribution in [2.75, 3.05) is 0 Å². The second-order valence-corrected chi connectivity index (χ2v) is 4.14. The van der Waals surface area contributed by atoms with Crippen LogP contribution in [-0.4, -0.2) is 0 Å². The molecular formula is C15H13NO. The van der Waals surface area contributed by atoms with E-state index >= 15 is 0 Å². The number of nitrogens with two attached hydrogens (primary N) is 1. The van der Waals surface area contributed by atoms with Gasteiger partial charge in [0.1, 0.15) is 0 Å². The lowest BCUT2D eigenvalue weighted by molar-refractivity contribution is 0.562. The van der Waals surface area contributed by atoms with E-state index in [-0.39, 0.29) is 6.04 Å². The number of rotatable bonds is 2. The predicted molar refractivity (Wildman–Crippen MR) is 68.7 cm³/mol. The van der Waals surface area contributed by atoms with Crippen LogP contribution in [0.1, 0.15) is 17.2 Å². The van der Waals surface area contributed by atoms with E-state index in [1.807, 2.05) is 18.2 Å². The first-order chi connectivity index (χ1) is 8.34. The van der Waals surface area contributed by atoms with E-state index in [2.05, 4.69) is 30.3 Å². The molecule has 3 aromatic rings. The van der Waals surface area contributed by atoms with Crippen molar-refractivity contribution in [2.45, 2.75) is 6.04 Å². The van der Waals surface area contributed by atoms with Gasteiger partial charge in [-0.25, -0.2) is 0 Å². The van der Waals surface area contributed by atoms with Crippen molar-refractivity contribution in [3.8, 4) is 0 Å². The molecule has 0 saturated heterocycles. The highest BCUT2D eigenvalue weighted by Gasteiger charge is 2.10. The van der Waals surface area contributed by atoms with Crippen LogP contribution in [-0.2, 0) is 0 Å². The van der Waals surface area contributed by atoms with Crippen LogP contribution >= 0.6 is 0 Å². The number of furan rings is 1. The Bertz CT molecular complexity index is 628. The fourth-order valence-electron chi connectivity index (χ4n) is 2.05. The summed E-state index contributed by atoms with van der Waals surface area (Å²) < 4.78 is 5.06. The highest BCUT2D eigenvalue weighted by atomic mass is 16.3. The van der Waals surface area contributed by atoms with Crippen molar-refractivity contribution >= 4 is 10.8 Å². The Kier molecular flexibility index (Phi) is 2.42.